The van der Waals surface area contributed by atoms with Gasteiger partial charge in [0.2, 0.25) is 5.91 Å². The monoisotopic (exact) mass is 408 g/mol. The number of rotatable bonds is 8. The molecule has 2 aromatic rings. The lowest BCUT2D eigenvalue weighted by molar-refractivity contribution is -0.137. The van der Waals surface area contributed by atoms with Crippen molar-refractivity contribution < 1.29 is 22.4 Å². The van der Waals surface area contributed by atoms with Crippen LogP contribution in [0, 0.1) is 5.82 Å². The summed E-state index contributed by atoms with van der Waals surface area (Å²) in [4.78, 5) is 14.0. The molecule has 1 N–H and O–H groups in total. The lowest BCUT2D eigenvalue weighted by Gasteiger charge is -2.25. The molecule has 0 bridgehead atoms. The van der Waals surface area contributed by atoms with Crippen LogP contribution < -0.4 is 5.32 Å². The molecule has 1 aliphatic heterocycles. The Bertz CT molecular complexity index is 838. The number of hydrogen-bond donors (Lipinski definition) is 1. The van der Waals surface area contributed by atoms with Crippen LogP contribution in [-0.4, -0.2) is 29.9 Å². The number of alkyl halides is 3. The standard InChI is InChI=1S/C22H24F4N2O/c23-20-7-2-1-5-17(20)11-13-28-19(8-9-21(28)29)10-12-27-15-16-4-3-6-18(14-16)22(24,25)26/h1-7,14,19,27H,8-13,15H2. The Balaban J connectivity index is 1.47. The summed E-state index contributed by atoms with van der Waals surface area (Å²) in [7, 11) is 0. The van der Waals surface area contributed by atoms with Crippen molar-refractivity contribution in [1.29, 1.82) is 0 Å². The van der Waals surface area contributed by atoms with E-state index in [0.717, 1.165) is 18.6 Å². The van der Waals surface area contributed by atoms with Gasteiger partial charge in [-0.1, -0.05) is 36.4 Å². The van der Waals surface area contributed by atoms with Gasteiger partial charge in [-0.3, -0.25) is 4.79 Å². The Morgan fingerprint density at radius 3 is 2.66 bits per heavy atom. The van der Waals surface area contributed by atoms with Gasteiger partial charge in [-0.2, -0.15) is 13.2 Å². The van der Waals surface area contributed by atoms with Crippen LogP contribution in [0.4, 0.5) is 17.6 Å². The molecule has 2 aromatic carbocycles. The first-order chi connectivity index (χ1) is 13.8. The zero-order valence-electron chi connectivity index (χ0n) is 16.0. The van der Waals surface area contributed by atoms with Crippen LogP contribution in [0.1, 0.15) is 36.0 Å². The van der Waals surface area contributed by atoms with E-state index in [1.165, 1.54) is 12.1 Å². The average molecular weight is 408 g/mol. The van der Waals surface area contributed by atoms with E-state index >= 15 is 0 Å². The van der Waals surface area contributed by atoms with E-state index in [2.05, 4.69) is 5.32 Å². The van der Waals surface area contributed by atoms with Gasteiger partial charge in [0.25, 0.3) is 0 Å². The van der Waals surface area contributed by atoms with Crippen molar-refractivity contribution in [2.45, 2.75) is 44.4 Å². The Kier molecular flexibility index (Phi) is 6.90. The number of carbonyl (C=O) groups is 1. The van der Waals surface area contributed by atoms with Crippen LogP contribution in [0.2, 0.25) is 0 Å². The lowest BCUT2D eigenvalue weighted by Crippen LogP contribution is -2.36. The van der Waals surface area contributed by atoms with Crippen LogP contribution in [0.5, 0.6) is 0 Å². The Labute approximate surface area is 167 Å². The number of carbonyl (C=O) groups excluding carboxylic acids is 1. The van der Waals surface area contributed by atoms with E-state index in [0.29, 0.717) is 50.0 Å². The summed E-state index contributed by atoms with van der Waals surface area (Å²) < 4.78 is 52.1. The molecular formula is C22H24F4N2O. The van der Waals surface area contributed by atoms with Crippen LogP contribution >= 0.6 is 0 Å². The molecule has 7 heteroatoms. The minimum atomic E-state index is -4.35. The first-order valence-corrected chi connectivity index (χ1v) is 9.74. The summed E-state index contributed by atoms with van der Waals surface area (Å²) in [6.07, 6.45) is -1.94. The van der Waals surface area contributed by atoms with Crippen molar-refractivity contribution in [2.24, 2.45) is 0 Å². The number of nitrogens with one attached hydrogen (secondary N) is 1. The maximum atomic E-state index is 13.8. The Morgan fingerprint density at radius 2 is 1.90 bits per heavy atom. The maximum absolute atomic E-state index is 13.8. The van der Waals surface area contributed by atoms with E-state index < -0.39 is 11.7 Å². The van der Waals surface area contributed by atoms with Crippen molar-refractivity contribution in [2.75, 3.05) is 13.1 Å². The van der Waals surface area contributed by atoms with Gasteiger partial charge in [0.15, 0.2) is 0 Å². The third-order valence-corrected chi connectivity index (χ3v) is 5.27. The van der Waals surface area contributed by atoms with Gasteiger partial charge in [0.05, 0.1) is 5.56 Å². The largest absolute Gasteiger partial charge is 0.416 e. The molecule has 0 radical (unpaired) electrons. The van der Waals surface area contributed by atoms with Crippen LogP contribution in [0.3, 0.4) is 0 Å². The Morgan fingerprint density at radius 1 is 1.10 bits per heavy atom. The second kappa shape index (κ2) is 9.39. The highest BCUT2D eigenvalue weighted by molar-refractivity contribution is 5.78. The van der Waals surface area contributed by atoms with Crippen molar-refractivity contribution in [3.05, 3.63) is 71.0 Å². The molecule has 1 heterocycles. The van der Waals surface area contributed by atoms with Crippen molar-refractivity contribution in [3.8, 4) is 0 Å². The fourth-order valence-corrected chi connectivity index (χ4v) is 3.70. The molecule has 1 atom stereocenters. The third kappa shape index (κ3) is 5.79. The quantitative estimate of drug-likeness (QED) is 0.513. The SMILES string of the molecule is O=C1CCC(CCNCc2cccc(C(F)(F)F)c2)N1CCc1ccccc1F. The molecule has 0 aromatic heterocycles. The molecule has 0 aliphatic carbocycles. The predicted molar refractivity (Wildman–Crippen MR) is 103 cm³/mol. The summed E-state index contributed by atoms with van der Waals surface area (Å²) in [6.45, 7) is 1.39. The molecule has 1 fully saturated rings. The first kappa shape index (κ1) is 21.3. The topological polar surface area (TPSA) is 32.3 Å². The first-order valence-electron chi connectivity index (χ1n) is 9.74. The van der Waals surface area contributed by atoms with Gasteiger partial charge in [0.1, 0.15) is 5.82 Å². The van der Waals surface area contributed by atoms with E-state index in [4.69, 9.17) is 0 Å². The molecule has 0 saturated carbocycles. The van der Waals surface area contributed by atoms with Crippen LogP contribution in [-0.2, 0) is 23.9 Å². The minimum Gasteiger partial charge on any atom is -0.339 e. The molecule has 156 valence electrons. The zero-order chi connectivity index (χ0) is 20.9. The second-order valence-corrected chi connectivity index (χ2v) is 7.28. The number of hydrogen-bond acceptors (Lipinski definition) is 2. The normalized spacial score (nSPS) is 17.2. The van der Waals surface area contributed by atoms with Gasteiger partial charge < -0.3 is 10.2 Å². The highest BCUT2D eigenvalue weighted by Crippen LogP contribution is 2.29. The van der Waals surface area contributed by atoms with Gasteiger partial charge in [0, 0.05) is 25.6 Å². The molecule has 1 unspecified atom stereocenters. The molecule has 3 rings (SSSR count). The highest BCUT2D eigenvalue weighted by Gasteiger charge is 2.31. The van der Waals surface area contributed by atoms with Crippen molar-refractivity contribution in [3.63, 3.8) is 0 Å². The molecular weight excluding hydrogens is 384 g/mol. The average Bonchev–Trinajstić information content (AvgIpc) is 3.04. The molecule has 0 spiro atoms. The van der Waals surface area contributed by atoms with Gasteiger partial charge >= 0.3 is 6.18 Å². The summed E-state index contributed by atoms with van der Waals surface area (Å²) in [6, 6.07) is 11.9. The second-order valence-electron chi connectivity index (χ2n) is 7.28. The lowest BCUT2D eigenvalue weighted by atomic mass is 10.1. The zero-order valence-corrected chi connectivity index (χ0v) is 16.0. The van der Waals surface area contributed by atoms with E-state index in [1.807, 2.05) is 0 Å². The summed E-state index contributed by atoms with van der Waals surface area (Å²) in [5.74, 6) is -0.192. The van der Waals surface area contributed by atoms with Crippen molar-refractivity contribution in [1.82, 2.24) is 10.2 Å². The fourth-order valence-electron chi connectivity index (χ4n) is 3.70. The van der Waals surface area contributed by atoms with Crippen LogP contribution in [0.25, 0.3) is 0 Å². The smallest absolute Gasteiger partial charge is 0.339 e. The summed E-state index contributed by atoms with van der Waals surface area (Å²) >= 11 is 0. The molecule has 29 heavy (non-hydrogen) atoms. The molecule has 1 aliphatic rings. The number of halogens is 4. The third-order valence-electron chi connectivity index (χ3n) is 5.27. The van der Waals surface area contributed by atoms with Gasteiger partial charge in [-0.05, 0) is 49.1 Å². The number of amides is 1. The van der Waals surface area contributed by atoms with E-state index in [1.54, 1.807) is 29.2 Å². The summed E-state index contributed by atoms with van der Waals surface area (Å²) in [5, 5.41) is 3.16. The predicted octanol–water partition coefficient (Wildman–Crippen LogP) is 4.56. The minimum absolute atomic E-state index is 0.0725. The van der Waals surface area contributed by atoms with Gasteiger partial charge in [-0.15, -0.1) is 0 Å². The number of benzene rings is 2. The number of nitrogens with zero attached hydrogens (tertiary/aromatic N) is 1. The highest BCUT2D eigenvalue weighted by atomic mass is 19.4. The van der Waals surface area contributed by atoms with E-state index in [9.17, 15) is 22.4 Å². The number of likely N-dealkylation sites (tertiary alicyclic amines) is 1. The molecule has 1 saturated heterocycles. The summed E-state index contributed by atoms with van der Waals surface area (Å²) in [5.41, 5.74) is 0.505. The molecule has 1 amide bonds. The maximum Gasteiger partial charge on any atom is 0.416 e. The Hall–Kier alpha value is -2.41. The molecule has 3 nitrogen and oxygen atoms in total. The van der Waals surface area contributed by atoms with Crippen molar-refractivity contribution >= 4 is 5.91 Å². The van der Waals surface area contributed by atoms with Gasteiger partial charge in [-0.25, -0.2) is 4.39 Å². The van der Waals surface area contributed by atoms with Crippen LogP contribution in [0.15, 0.2) is 48.5 Å². The van der Waals surface area contributed by atoms with E-state index in [-0.39, 0.29) is 17.8 Å². The fraction of sp³-hybridized carbons (Fsp3) is 0.409.